The number of halogens is 1. The lowest BCUT2D eigenvalue weighted by Gasteiger charge is -2.20. The number of esters is 2. The Kier molecular flexibility index (Phi) is 14.7. The van der Waals surface area contributed by atoms with Crippen LogP contribution in [0.3, 0.4) is 0 Å². The molecule has 6 aromatic rings. The number of likely N-dealkylation sites (N-methyl/N-ethyl adjacent to an activating group) is 2. The van der Waals surface area contributed by atoms with Gasteiger partial charge in [0.2, 0.25) is 0 Å². The monoisotopic (exact) mass is 875 g/mol. The number of nitrogens with zero attached hydrogens (tertiary/aromatic N) is 8. The number of hydrogen-bond donors (Lipinski definition) is 2. The molecule has 2 N–H and O–H groups in total. The highest BCUT2D eigenvalue weighted by Gasteiger charge is 2.22. The van der Waals surface area contributed by atoms with Crippen LogP contribution in [-0.4, -0.2) is 117 Å². The summed E-state index contributed by atoms with van der Waals surface area (Å²) in [5.41, 5.74) is 9.20. The highest BCUT2D eigenvalue weighted by atomic mass is 79.9. The molecule has 3 aromatic carbocycles. The Morgan fingerprint density at radius 1 is 0.600 bits per heavy atom. The quantitative estimate of drug-likeness (QED) is 0.0975. The summed E-state index contributed by atoms with van der Waals surface area (Å²) in [5, 5.41) is 22.3. The van der Waals surface area contributed by atoms with Gasteiger partial charge in [-0.15, -0.1) is 0 Å². The van der Waals surface area contributed by atoms with E-state index in [-0.39, 0.29) is 5.97 Å². The van der Waals surface area contributed by atoms with Crippen LogP contribution in [0.2, 0.25) is 0 Å². The number of para-hydroxylation sites is 3. The maximum absolute atomic E-state index is 12.0. The summed E-state index contributed by atoms with van der Waals surface area (Å²) in [6.45, 7) is 3.74. The van der Waals surface area contributed by atoms with Crippen LogP contribution in [-0.2, 0) is 9.47 Å². The van der Waals surface area contributed by atoms with Crippen LogP contribution in [0.5, 0.6) is 0 Å². The van der Waals surface area contributed by atoms with Gasteiger partial charge >= 0.3 is 11.9 Å². The molecule has 0 bridgehead atoms. The molecule has 0 unspecified atom stereocenters. The van der Waals surface area contributed by atoms with Gasteiger partial charge in [-0.3, -0.25) is 10.0 Å². The molecule has 2 aliphatic rings. The van der Waals surface area contributed by atoms with E-state index in [1.54, 1.807) is 27.0 Å². The van der Waals surface area contributed by atoms with Gasteiger partial charge in [0.25, 0.3) is 5.91 Å². The number of hydroxylamine groups is 1. The average Bonchev–Trinajstić information content (AvgIpc) is 4.05. The minimum absolute atomic E-state index is 0.309. The van der Waals surface area contributed by atoms with Gasteiger partial charge in [0.1, 0.15) is 10.3 Å². The fraction of sp³-hybridized carbons (Fsp3) is 0.227. The Labute approximate surface area is 356 Å². The summed E-state index contributed by atoms with van der Waals surface area (Å²) in [6.07, 6.45) is 6.12. The summed E-state index contributed by atoms with van der Waals surface area (Å²) >= 11 is 3.24. The molecule has 0 aliphatic carbocycles. The number of carbonyl (C=O) groups excluding carboxylic acids is 3. The van der Waals surface area contributed by atoms with Crippen LogP contribution >= 0.6 is 15.9 Å². The number of amides is 1. The lowest BCUT2D eigenvalue weighted by Crippen LogP contribution is -2.23. The van der Waals surface area contributed by atoms with Crippen molar-refractivity contribution in [2.75, 3.05) is 54.5 Å². The Hall–Kier alpha value is -6.46. The average molecular weight is 877 g/mol. The predicted molar refractivity (Wildman–Crippen MR) is 231 cm³/mol. The van der Waals surface area contributed by atoms with Crippen LogP contribution in [0.15, 0.2) is 126 Å². The van der Waals surface area contributed by atoms with Crippen molar-refractivity contribution in [3.63, 3.8) is 0 Å². The normalized spacial score (nSPS) is 14.0. The summed E-state index contributed by atoms with van der Waals surface area (Å²) in [4.78, 5) is 39.9. The second-order valence-electron chi connectivity index (χ2n) is 13.8. The molecule has 0 fully saturated rings. The van der Waals surface area contributed by atoms with E-state index in [1.165, 1.54) is 24.5 Å². The number of nitrogens with one attached hydrogen (secondary N) is 1. The van der Waals surface area contributed by atoms with Crippen molar-refractivity contribution in [1.82, 2.24) is 44.6 Å². The fourth-order valence-corrected chi connectivity index (χ4v) is 6.83. The van der Waals surface area contributed by atoms with Crippen molar-refractivity contribution < 1.29 is 29.1 Å². The number of aromatic nitrogens is 6. The SMILES string of the molecule is CN1CC=C(c2cc(C(=O)NO)n(-c3ccccc3)n2)CC1.COC(=O)c1cc(Br)nn1-c1ccccc1.COC(=O)c1cc(C2=CCN(C)CC2)nn1-c1ccccc1. The molecule has 3 aromatic heterocycles. The van der Waals surface area contributed by atoms with Gasteiger partial charge in [-0.1, -0.05) is 66.7 Å². The highest BCUT2D eigenvalue weighted by molar-refractivity contribution is 9.10. The first-order valence-electron chi connectivity index (χ1n) is 19.1. The molecule has 0 saturated heterocycles. The van der Waals surface area contributed by atoms with Crippen LogP contribution in [0.25, 0.3) is 28.2 Å². The van der Waals surface area contributed by atoms with Gasteiger partial charge in [0.15, 0.2) is 11.4 Å². The van der Waals surface area contributed by atoms with E-state index in [4.69, 9.17) is 14.7 Å². The molecular weight excluding hydrogens is 830 g/mol. The van der Waals surface area contributed by atoms with Crippen molar-refractivity contribution >= 4 is 44.9 Å². The first-order chi connectivity index (χ1) is 29.1. The maximum Gasteiger partial charge on any atom is 0.356 e. The lowest BCUT2D eigenvalue weighted by molar-refractivity contribution is 0.0581. The van der Waals surface area contributed by atoms with E-state index in [1.807, 2.05) is 97.1 Å². The third-order valence-electron chi connectivity index (χ3n) is 9.71. The van der Waals surface area contributed by atoms with Crippen molar-refractivity contribution in [2.24, 2.45) is 0 Å². The molecule has 0 saturated carbocycles. The molecule has 0 spiro atoms. The van der Waals surface area contributed by atoms with E-state index in [9.17, 15) is 14.4 Å². The van der Waals surface area contributed by atoms with Crippen LogP contribution < -0.4 is 5.48 Å². The van der Waals surface area contributed by atoms with Gasteiger partial charge in [-0.2, -0.15) is 15.3 Å². The zero-order valence-electron chi connectivity index (χ0n) is 33.7. The fourth-order valence-electron chi connectivity index (χ4n) is 6.45. The van der Waals surface area contributed by atoms with Crippen LogP contribution in [0, 0.1) is 0 Å². The largest absolute Gasteiger partial charge is 0.464 e. The van der Waals surface area contributed by atoms with E-state index < -0.39 is 11.9 Å². The topological polar surface area (TPSA) is 162 Å². The van der Waals surface area contributed by atoms with E-state index in [0.29, 0.717) is 21.7 Å². The first kappa shape index (κ1) is 43.1. The molecule has 60 heavy (non-hydrogen) atoms. The second kappa shape index (κ2) is 20.5. The van der Waals surface area contributed by atoms with E-state index >= 15 is 0 Å². The maximum atomic E-state index is 12.0. The highest BCUT2D eigenvalue weighted by Crippen LogP contribution is 2.25. The van der Waals surface area contributed by atoms with Crippen molar-refractivity contribution in [3.8, 4) is 17.1 Å². The van der Waals surface area contributed by atoms with Gasteiger partial charge < -0.3 is 19.3 Å². The Morgan fingerprint density at radius 2 is 0.983 bits per heavy atom. The van der Waals surface area contributed by atoms with Crippen LogP contribution in [0.4, 0.5) is 0 Å². The summed E-state index contributed by atoms with van der Waals surface area (Å²) < 4.78 is 14.9. The Morgan fingerprint density at radius 3 is 1.37 bits per heavy atom. The minimum Gasteiger partial charge on any atom is -0.464 e. The summed E-state index contributed by atoms with van der Waals surface area (Å²) in [5.74, 6) is -1.37. The van der Waals surface area contributed by atoms with Crippen molar-refractivity contribution in [3.05, 3.63) is 154 Å². The third kappa shape index (κ3) is 10.6. The predicted octanol–water partition coefficient (Wildman–Crippen LogP) is 6.51. The molecule has 15 nitrogen and oxygen atoms in total. The summed E-state index contributed by atoms with van der Waals surface area (Å²) in [7, 11) is 6.90. The molecule has 0 radical (unpaired) electrons. The number of rotatable bonds is 8. The van der Waals surface area contributed by atoms with Gasteiger partial charge in [0, 0.05) is 32.2 Å². The molecule has 8 rings (SSSR count). The summed E-state index contributed by atoms with van der Waals surface area (Å²) in [6, 6.07) is 33.6. The smallest absolute Gasteiger partial charge is 0.356 e. The zero-order valence-corrected chi connectivity index (χ0v) is 35.3. The molecule has 16 heteroatoms. The van der Waals surface area contributed by atoms with Crippen molar-refractivity contribution in [2.45, 2.75) is 12.8 Å². The number of hydrogen-bond acceptors (Lipinski definition) is 11. The molecule has 5 heterocycles. The number of carbonyl (C=O) groups is 3. The molecule has 0 atom stereocenters. The standard InChI is InChI=1S/C17H19N3O2.C16H18N4O2.C11H9BrN2O2/c1-19-10-8-13(9-11-19)15-12-16(17(21)22-2)20(18-15)14-6-4-3-5-7-14;1-19-9-7-12(8-10-19)14-11-15(16(21)18-22)20(17-14)13-5-3-2-4-6-13;1-16-11(15)9-7-10(12)13-14(9)8-5-3-2-4-6-8/h3-8,12H,9-11H2,1-2H3;2-7,11,22H,8-10H2,1H3,(H,18,21);2-7H,1H3. The second-order valence-corrected chi connectivity index (χ2v) is 14.6. The van der Waals surface area contributed by atoms with E-state index in [0.717, 1.165) is 73.0 Å². The number of methoxy groups -OCH3 is 2. The van der Waals surface area contributed by atoms with Gasteiger partial charge in [0.05, 0.1) is 42.7 Å². The van der Waals surface area contributed by atoms with E-state index in [2.05, 4.69) is 67.3 Å². The third-order valence-corrected chi connectivity index (χ3v) is 10.1. The number of ether oxygens (including phenoxy) is 2. The Balaban J connectivity index is 0.000000153. The molecule has 310 valence electrons. The van der Waals surface area contributed by atoms with Gasteiger partial charge in [-0.25, -0.2) is 29.1 Å². The first-order valence-corrected chi connectivity index (χ1v) is 19.9. The van der Waals surface area contributed by atoms with Crippen LogP contribution in [0.1, 0.15) is 55.7 Å². The zero-order chi connectivity index (χ0) is 42.6. The minimum atomic E-state index is -0.573. The Bertz CT molecular complexity index is 2340. The van der Waals surface area contributed by atoms with Gasteiger partial charge in [-0.05, 0) is 103 Å². The molecule has 2 aliphatic heterocycles. The lowest BCUT2D eigenvalue weighted by atomic mass is 10.1. The molecule has 1 amide bonds. The number of benzene rings is 3. The van der Waals surface area contributed by atoms with Crippen molar-refractivity contribution in [1.29, 1.82) is 0 Å². The molecular formula is C44H46BrN9O6.